The van der Waals surface area contributed by atoms with Gasteiger partial charge in [-0.15, -0.1) is 12.4 Å². The van der Waals surface area contributed by atoms with Gasteiger partial charge in [0.05, 0.1) is 9.95 Å². The molecule has 1 aliphatic rings. The van der Waals surface area contributed by atoms with Gasteiger partial charge in [-0.25, -0.2) is 13.1 Å². The summed E-state index contributed by atoms with van der Waals surface area (Å²) < 4.78 is 27.3. The fourth-order valence-electron chi connectivity index (χ4n) is 2.23. The van der Waals surface area contributed by atoms with E-state index in [1.807, 2.05) is 6.92 Å². The van der Waals surface area contributed by atoms with Crippen molar-refractivity contribution in [2.45, 2.75) is 24.3 Å². The van der Waals surface area contributed by atoms with Crippen LogP contribution in [0, 0.1) is 16.0 Å². The summed E-state index contributed by atoms with van der Waals surface area (Å²) in [5, 5.41) is 13.6. The minimum atomic E-state index is -3.81. The van der Waals surface area contributed by atoms with Crippen LogP contribution in [-0.2, 0) is 10.0 Å². The van der Waals surface area contributed by atoms with E-state index in [-0.39, 0.29) is 40.0 Å². The van der Waals surface area contributed by atoms with Crippen LogP contribution >= 0.6 is 24.0 Å². The highest BCUT2D eigenvalue weighted by Crippen LogP contribution is 2.26. The molecule has 22 heavy (non-hydrogen) atoms. The van der Waals surface area contributed by atoms with Gasteiger partial charge in [0.1, 0.15) is 4.90 Å². The van der Waals surface area contributed by atoms with Crippen LogP contribution in [0.5, 0.6) is 0 Å². The van der Waals surface area contributed by atoms with E-state index in [1.165, 1.54) is 0 Å². The third-order valence-electron chi connectivity index (χ3n) is 3.55. The van der Waals surface area contributed by atoms with Crippen LogP contribution in [0.25, 0.3) is 0 Å². The minimum Gasteiger partial charge on any atom is -0.315 e. The highest BCUT2D eigenvalue weighted by atomic mass is 35.5. The van der Waals surface area contributed by atoms with Gasteiger partial charge in [0.15, 0.2) is 0 Å². The number of nitrogens with one attached hydrogen (secondary N) is 2. The second kappa shape index (κ2) is 7.56. The van der Waals surface area contributed by atoms with Gasteiger partial charge in [0.25, 0.3) is 5.69 Å². The van der Waals surface area contributed by atoms with Crippen LogP contribution in [0.1, 0.15) is 13.3 Å². The van der Waals surface area contributed by atoms with Crippen molar-refractivity contribution < 1.29 is 13.3 Å². The molecule has 1 aromatic rings. The number of rotatable bonds is 4. The molecule has 124 valence electrons. The number of nitrogens with zero attached hydrogens (tertiary/aromatic N) is 1. The van der Waals surface area contributed by atoms with Crippen LogP contribution in [0.4, 0.5) is 5.69 Å². The molecule has 0 amide bonds. The van der Waals surface area contributed by atoms with Crippen molar-refractivity contribution in [2.24, 2.45) is 5.92 Å². The number of halogens is 2. The van der Waals surface area contributed by atoms with Crippen molar-refractivity contribution in [1.29, 1.82) is 0 Å². The Balaban J connectivity index is 0.00000242. The largest absolute Gasteiger partial charge is 0.315 e. The molecule has 0 aliphatic carbocycles. The summed E-state index contributed by atoms with van der Waals surface area (Å²) in [5.74, 6) is 0.206. The molecule has 10 heteroatoms. The lowest BCUT2D eigenvalue weighted by Crippen LogP contribution is -2.50. The van der Waals surface area contributed by atoms with Crippen molar-refractivity contribution in [3.63, 3.8) is 0 Å². The molecule has 2 unspecified atom stereocenters. The zero-order valence-electron chi connectivity index (χ0n) is 11.8. The molecule has 1 aliphatic heterocycles. The van der Waals surface area contributed by atoms with Crippen LogP contribution in [0.3, 0.4) is 0 Å². The first-order valence-electron chi connectivity index (χ1n) is 6.48. The van der Waals surface area contributed by atoms with Gasteiger partial charge in [-0.05, 0) is 24.9 Å². The summed E-state index contributed by atoms with van der Waals surface area (Å²) in [7, 11) is -3.81. The van der Waals surface area contributed by atoms with Gasteiger partial charge < -0.3 is 5.32 Å². The molecule has 2 rings (SSSR count). The molecule has 1 fully saturated rings. The summed E-state index contributed by atoms with van der Waals surface area (Å²) in [5.41, 5.74) is -0.244. The molecule has 1 saturated heterocycles. The predicted octanol–water partition coefficient (Wildman–Crippen LogP) is 1.95. The molecule has 0 bridgehead atoms. The van der Waals surface area contributed by atoms with Gasteiger partial charge in [0.2, 0.25) is 10.0 Å². The van der Waals surface area contributed by atoms with Crippen LogP contribution < -0.4 is 10.0 Å². The second-order valence-corrected chi connectivity index (χ2v) is 7.16. The molecule has 1 aromatic carbocycles. The van der Waals surface area contributed by atoms with E-state index in [1.54, 1.807) is 0 Å². The number of piperidine rings is 1. The van der Waals surface area contributed by atoms with Crippen molar-refractivity contribution in [3.8, 4) is 0 Å². The lowest BCUT2D eigenvalue weighted by molar-refractivity contribution is -0.384. The molecular formula is C12H17Cl2N3O4S. The summed E-state index contributed by atoms with van der Waals surface area (Å²) >= 11 is 5.87. The Hall–Kier alpha value is -0.930. The molecule has 7 nitrogen and oxygen atoms in total. The maximum absolute atomic E-state index is 12.4. The minimum absolute atomic E-state index is 0. The lowest BCUT2D eigenvalue weighted by atomic mass is 9.96. The zero-order valence-corrected chi connectivity index (χ0v) is 14.2. The summed E-state index contributed by atoms with van der Waals surface area (Å²) in [6.45, 7) is 3.38. The number of non-ortho nitro benzene ring substituents is 1. The van der Waals surface area contributed by atoms with Crippen molar-refractivity contribution >= 4 is 39.7 Å². The van der Waals surface area contributed by atoms with Crippen molar-refractivity contribution in [1.82, 2.24) is 10.0 Å². The molecule has 0 aromatic heterocycles. The Morgan fingerprint density at radius 3 is 2.68 bits per heavy atom. The normalized spacial score (nSPS) is 21.9. The number of sulfonamides is 1. The van der Waals surface area contributed by atoms with Gasteiger partial charge in [-0.1, -0.05) is 18.5 Å². The fourth-order valence-corrected chi connectivity index (χ4v) is 4.12. The van der Waals surface area contributed by atoms with E-state index in [9.17, 15) is 18.5 Å². The van der Waals surface area contributed by atoms with Crippen LogP contribution in [0.2, 0.25) is 5.02 Å². The molecule has 0 radical (unpaired) electrons. The maximum atomic E-state index is 12.4. The topological polar surface area (TPSA) is 101 Å². The number of nitro groups is 1. The van der Waals surface area contributed by atoms with Gasteiger partial charge >= 0.3 is 0 Å². The van der Waals surface area contributed by atoms with Gasteiger partial charge in [-0.2, -0.15) is 0 Å². The number of hydrogen-bond donors (Lipinski definition) is 2. The van der Waals surface area contributed by atoms with E-state index in [0.29, 0.717) is 6.54 Å². The van der Waals surface area contributed by atoms with Crippen LogP contribution in [0.15, 0.2) is 23.1 Å². The number of hydrogen-bond acceptors (Lipinski definition) is 5. The van der Waals surface area contributed by atoms with Gasteiger partial charge in [-0.3, -0.25) is 10.1 Å². The first-order valence-corrected chi connectivity index (χ1v) is 8.34. The average Bonchev–Trinajstić information content (AvgIpc) is 2.40. The Kier molecular flexibility index (Phi) is 6.57. The van der Waals surface area contributed by atoms with E-state index in [2.05, 4.69) is 10.0 Å². The molecule has 1 heterocycles. The Bertz CT molecular complexity index is 654. The van der Waals surface area contributed by atoms with E-state index in [4.69, 9.17) is 11.6 Å². The summed E-state index contributed by atoms with van der Waals surface area (Å²) in [6.07, 6.45) is 0.876. The summed E-state index contributed by atoms with van der Waals surface area (Å²) in [6, 6.07) is 3.10. The number of nitro benzene ring substituents is 1. The monoisotopic (exact) mass is 369 g/mol. The third-order valence-corrected chi connectivity index (χ3v) is 5.52. The Morgan fingerprint density at radius 1 is 1.45 bits per heavy atom. The molecular weight excluding hydrogens is 353 g/mol. The highest BCUT2D eigenvalue weighted by Gasteiger charge is 2.28. The maximum Gasteiger partial charge on any atom is 0.271 e. The lowest BCUT2D eigenvalue weighted by Gasteiger charge is -2.30. The SMILES string of the molecule is CC1CCNCC1NS(=O)(=O)c1ccc([N+](=O)[O-])cc1Cl.Cl. The quantitative estimate of drug-likeness (QED) is 0.623. The van der Waals surface area contributed by atoms with Crippen molar-refractivity contribution in [2.75, 3.05) is 13.1 Å². The number of benzene rings is 1. The Labute approximate surface area is 140 Å². The van der Waals surface area contributed by atoms with Crippen LogP contribution in [-0.4, -0.2) is 32.5 Å². The zero-order chi connectivity index (χ0) is 15.6. The molecule has 0 saturated carbocycles. The third kappa shape index (κ3) is 4.30. The predicted molar refractivity (Wildman–Crippen MR) is 86.1 cm³/mol. The van der Waals surface area contributed by atoms with Gasteiger partial charge in [0, 0.05) is 24.7 Å². The standard InChI is InChI=1S/C12H16ClN3O4S.ClH/c1-8-4-5-14-7-11(8)15-21(19,20)12-3-2-9(16(17)18)6-10(12)13;/h2-3,6,8,11,14-15H,4-5,7H2,1H3;1H. The first kappa shape index (κ1) is 19.1. The molecule has 2 atom stereocenters. The fraction of sp³-hybridized carbons (Fsp3) is 0.500. The smallest absolute Gasteiger partial charge is 0.271 e. The van der Waals surface area contributed by atoms with E-state index < -0.39 is 14.9 Å². The highest BCUT2D eigenvalue weighted by molar-refractivity contribution is 7.89. The molecule has 0 spiro atoms. The first-order chi connectivity index (χ1) is 9.81. The van der Waals surface area contributed by atoms with E-state index in [0.717, 1.165) is 31.2 Å². The van der Waals surface area contributed by atoms with Crippen molar-refractivity contribution in [3.05, 3.63) is 33.3 Å². The van der Waals surface area contributed by atoms with E-state index >= 15 is 0 Å². The average molecular weight is 370 g/mol. The summed E-state index contributed by atoms with van der Waals surface area (Å²) in [4.78, 5) is 9.88. The Morgan fingerprint density at radius 2 is 2.14 bits per heavy atom. The second-order valence-electron chi connectivity index (χ2n) is 5.07. The molecule has 2 N–H and O–H groups in total.